The Morgan fingerprint density at radius 2 is 1.49 bits per heavy atom. The number of piperidine rings is 2. The number of ether oxygens (including phenoxy) is 2. The third-order valence-corrected chi connectivity index (χ3v) is 8.31. The molecule has 37 heavy (non-hydrogen) atoms. The van der Waals surface area contributed by atoms with Crippen molar-refractivity contribution in [2.24, 2.45) is 0 Å². The normalized spacial score (nSPS) is 24.5. The molecule has 0 radical (unpaired) electrons. The van der Waals surface area contributed by atoms with Crippen LogP contribution in [0.3, 0.4) is 0 Å². The number of amides is 1. The largest absolute Gasteiger partial charge is 0.491 e. The van der Waals surface area contributed by atoms with Gasteiger partial charge < -0.3 is 19.5 Å². The van der Waals surface area contributed by atoms with E-state index in [1.807, 2.05) is 43.0 Å². The van der Waals surface area contributed by atoms with Gasteiger partial charge in [0.15, 0.2) is 0 Å². The average Bonchev–Trinajstić information content (AvgIpc) is 3.20. The fraction of sp³-hybridized carbons (Fsp3) is 0.406. The van der Waals surface area contributed by atoms with Gasteiger partial charge in [0, 0.05) is 36.4 Å². The molecule has 1 aliphatic carbocycles. The highest BCUT2D eigenvalue weighted by molar-refractivity contribution is 5.79. The Morgan fingerprint density at radius 3 is 2.11 bits per heavy atom. The molecule has 0 saturated carbocycles. The molecule has 2 fully saturated rings. The molecule has 5 nitrogen and oxygen atoms in total. The summed E-state index contributed by atoms with van der Waals surface area (Å²) in [6, 6.07) is 24.5. The second-order valence-electron chi connectivity index (χ2n) is 11.1. The van der Waals surface area contributed by atoms with Gasteiger partial charge in [0.25, 0.3) is 0 Å². The van der Waals surface area contributed by atoms with Crippen molar-refractivity contribution >= 4 is 6.09 Å². The van der Waals surface area contributed by atoms with Gasteiger partial charge in [0.05, 0.1) is 11.7 Å². The molecule has 2 saturated heterocycles. The number of aliphatic hydroxyl groups is 1. The molecular weight excluding hydrogens is 462 g/mol. The Morgan fingerprint density at radius 1 is 0.919 bits per heavy atom. The first-order valence-electron chi connectivity index (χ1n) is 13.6. The van der Waals surface area contributed by atoms with E-state index in [4.69, 9.17) is 9.47 Å². The van der Waals surface area contributed by atoms with Crippen molar-refractivity contribution in [3.63, 3.8) is 0 Å². The Hall–Kier alpha value is -3.31. The van der Waals surface area contributed by atoms with Crippen LogP contribution in [0.25, 0.3) is 11.1 Å². The van der Waals surface area contributed by atoms with Gasteiger partial charge in [-0.2, -0.15) is 0 Å². The van der Waals surface area contributed by atoms with E-state index in [0.29, 0.717) is 19.4 Å². The first-order valence-corrected chi connectivity index (χ1v) is 13.6. The molecule has 0 spiro atoms. The Kier molecular flexibility index (Phi) is 6.20. The van der Waals surface area contributed by atoms with Crippen molar-refractivity contribution in [2.45, 2.75) is 75.7 Å². The summed E-state index contributed by atoms with van der Waals surface area (Å²) in [5, 5.41) is 11.9. The van der Waals surface area contributed by atoms with E-state index in [2.05, 4.69) is 48.5 Å². The van der Waals surface area contributed by atoms with Crippen LogP contribution in [-0.4, -0.2) is 40.9 Å². The minimum absolute atomic E-state index is 0.0187. The summed E-state index contributed by atoms with van der Waals surface area (Å²) in [6.07, 6.45) is 3.54. The van der Waals surface area contributed by atoms with Crippen molar-refractivity contribution in [3.8, 4) is 16.9 Å². The zero-order valence-electron chi connectivity index (χ0n) is 21.6. The molecule has 3 aromatic rings. The highest BCUT2D eigenvalue weighted by Gasteiger charge is 2.49. The maximum absolute atomic E-state index is 13.5. The lowest BCUT2D eigenvalue weighted by Gasteiger charge is -2.51. The monoisotopic (exact) mass is 497 g/mol. The molecular formula is C32H35NO4. The lowest BCUT2D eigenvalue weighted by molar-refractivity contribution is -0.0902. The number of rotatable bonds is 5. The van der Waals surface area contributed by atoms with Gasteiger partial charge in [-0.05, 0) is 61.4 Å². The van der Waals surface area contributed by atoms with Gasteiger partial charge in [0.2, 0.25) is 0 Å². The van der Waals surface area contributed by atoms with Gasteiger partial charge in [0.1, 0.15) is 12.4 Å². The minimum atomic E-state index is -1.03. The van der Waals surface area contributed by atoms with Crippen LogP contribution >= 0.6 is 0 Å². The maximum atomic E-state index is 13.5. The summed E-state index contributed by atoms with van der Waals surface area (Å²) in [6.45, 7) is 4.31. The fourth-order valence-electron chi connectivity index (χ4n) is 6.82. The molecule has 1 N–H and O–H groups in total. The van der Waals surface area contributed by atoms with E-state index in [1.54, 1.807) is 0 Å². The quantitative estimate of drug-likeness (QED) is 0.430. The molecule has 2 aliphatic heterocycles. The summed E-state index contributed by atoms with van der Waals surface area (Å²) < 4.78 is 12.1. The van der Waals surface area contributed by atoms with Crippen molar-refractivity contribution in [2.75, 3.05) is 6.61 Å². The Labute approximate surface area is 219 Å². The summed E-state index contributed by atoms with van der Waals surface area (Å²) >= 11 is 0. The van der Waals surface area contributed by atoms with Gasteiger partial charge in [-0.3, -0.25) is 0 Å². The zero-order chi connectivity index (χ0) is 25.6. The minimum Gasteiger partial charge on any atom is -0.491 e. The fourth-order valence-corrected chi connectivity index (χ4v) is 6.82. The second kappa shape index (κ2) is 9.53. The molecule has 6 rings (SSSR count). The number of carbonyl (C=O) groups excluding carboxylic acids is 1. The second-order valence-corrected chi connectivity index (χ2v) is 11.1. The third kappa shape index (κ3) is 4.29. The van der Waals surface area contributed by atoms with Crippen LogP contribution in [0, 0.1) is 0 Å². The van der Waals surface area contributed by atoms with Gasteiger partial charge in [-0.25, -0.2) is 4.79 Å². The van der Waals surface area contributed by atoms with Gasteiger partial charge in [-0.15, -0.1) is 0 Å². The van der Waals surface area contributed by atoms with E-state index in [-0.39, 0.29) is 30.2 Å². The van der Waals surface area contributed by atoms with Crippen LogP contribution in [0.15, 0.2) is 72.8 Å². The van der Waals surface area contributed by atoms with Crippen LogP contribution in [0.1, 0.15) is 68.6 Å². The lowest BCUT2D eigenvalue weighted by atomic mass is 9.72. The first-order chi connectivity index (χ1) is 17.9. The van der Waals surface area contributed by atoms with E-state index in [1.165, 1.54) is 22.3 Å². The molecule has 2 heterocycles. The predicted octanol–water partition coefficient (Wildman–Crippen LogP) is 6.63. The standard InChI is InChI=1S/C32H35NO4/c1-21(2)37-30-17-8-7-16-29(30)32(35)18-22-10-9-11-23(19-32)33(22)31(34)36-20-28-26-14-5-3-12-24(26)25-13-4-6-15-27(25)28/h3-8,12-17,21-23,28,35H,9-11,18-20H2,1-2H3. The Balaban J connectivity index is 1.21. The smallest absolute Gasteiger partial charge is 0.410 e. The molecule has 3 aliphatic rings. The Bertz CT molecular complexity index is 1240. The zero-order valence-corrected chi connectivity index (χ0v) is 21.6. The van der Waals surface area contributed by atoms with Gasteiger partial charge >= 0.3 is 6.09 Å². The van der Waals surface area contributed by atoms with Crippen LogP contribution in [0.2, 0.25) is 0 Å². The number of para-hydroxylation sites is 1. The summed E-state index contributed by atoms with van der Waals surface area (Å²) in [7, 11) is 0. The van der Waals surface area contributed by atoms with Crippen molar-refractivity contribution < 1.29 is 19.4 Å². The number of fused-ring (bicyclic) bond motifs is 5. The number of carbonyl (C=O) groups is 1. The number of nitrogens with zero attached hydrogens (tertiary/aromatic N) is 1. The van der Waals surface area contributed by atoms with E-state index in [9.17, 15) is 9.90 Å². The number of hydrogen-bond donors (Lipinski definition) is 1. The molecule has 1 amide bonds. The van der Waals surface area contributed by atoms with Crippen LogP contribution in [0.5, 0.6) is 5.75 Å². The van der Waals surface area contributed by atoms with E-state index >= 15 is 0 Å². The molecule has 3 aromatic carbocycles. The molecule has 192 valence electrons. The SMILES string of the molecule is CC(C)Oc1ccccc1C1(O)CC2CCCC(C1)N2C(=O)OCC1c2ccccc2-c2ccccc21. The summed E-state index contributed by atoms with van der Waals surface area (Å²) in [5.41, 5.74) is 4.68. The number of benzene rings is 3. The van der Waals surface area contributed by atoms with Gasteiger partial charge in [-0.1, -0.05) is 66.7 Å². The highest BCUT2D eigenvalue weighted by Crippen LogP contribution is 2.48. The highest BCUT2D eigenvalue weighted by atomic mass is 16.6. The van der Waals surface area contributed by atoms with Crippen molar-refractivity contribution in [1.29, 1.82) is 0 Å². The molecule has 2 bridgehead atoms. The number of hydrogen-bond acceptors (Lipinski definition) is 4. The average molecular weight is 498 g/mol. The molecule has 0 aromatic heterocycles. The molecule has 2 unspecified atom stereocenters. The van der Waals surface area contributed by atoms with Crippen LogP contribution in [-0.2, 0) is 10.3 Å². The summed E-state index contributed by atoms with van der Waals surface area (Å²) in [5.74, 6) is 0.769. The topological polar surface area (TPSA) is 59.0 Å². The maximum Gasteiger partial charge on any atom is 0.410 e. The van der Waals surface area contributed by atoms with Crippen LogP contribution in [0.4, 0.5) is 4.79 Å². The molecule has 5 heteroatoms. The summed E-state index contributed by atoms with van der Waals surface area (Å²) in [4.78, 5) is 15.5. The van der Waals surface area contributed by atoms with Crippen molar-refractivity contribution in [3.05, 3.63) is 89.5 Å². The van der Waals surface area contributed by atoms with E-state index in [0.717, 1.165) is 30.6 Å². The molecule has 2 atom stereocenters. The first kappa shape index (κ1) is 24.1. The third-order valence-electron chi connectivity index (χ3n) is 8.31. The van der Waals surface area contributed by atoms with Crippen molar-refractivity contribution in [1.82, 2.24) is 4.90 Å². The lowest BCUT2D eigenvalue weighted by Crippen LogP contribution is -2.59. The predicted molar refractivity (Wildman–Crippen MR) is 144 cm³/mol. The van der Waals surface area contributed by atoms with Crippen LogP contribution < -0.4 is 4.74 Å². The van der Waals surface area contributed by atoms with E-state index < -0.39 is 5.60 Å².